The van der Waals surface area contributed by atoms with Gasteiger partial charge in [0.05, 0.1) is 103 Å². The Morgan fingerprint density at radius 3 is 1.46 bits per heavy atom. The van der Waals surface area contributed by atoms with Gasteiger partial charge >= 0.3 is 0 Å². The largest absolute Gasteiger partial charge is 0.457 e. The summed E-state index contributed by atoms with van der Waals surface area (Å²) in [4.78, 5) is 15.5. The van der Waals surface area contributed by atoms with E-state index in [0.29, 0.717) is 16.9 Å². The van der Waals surface area contributed by atoms with Crippen molar-refractivity contribution >= 4 is 65.4 Å². The standard InChI is InChI=1S/C60H32N8O/c61-30-35-17-20-53-44(25-35)45-26-36(31-62)18-21-54(45)66(53)37-19-22-57-47(27-37)60(46-12-4-8-16-56(46)69-57)48-28-38(67-50-13-5-1-9-40(50)41-10-2-6-14-51(41)67)32-64-58(48)59-49(60)29-39(33-65-59)68-52-15-7-3-11-42(52)43-23-24-63-34-55(43)68/h1-29,32-34H. The van der Waals surface area contributed by atoms with Crippen LogP contribution >= 0.6 is 0 Å². The van der Waals surface area contributed by atoms with Gasteiger partial charge in [0.1, 0.15) is 11.5 Å². The fraction of sp³-hybridized carbons (Fsp3) is 0.0167. The van der Waals surface area contributed by atoms with Crippen molar-refractivity contribution in [3.63, 3.8) is 0 Å². The van der Waals surface area contributed by atoms with E-state index in [9.17, 15) is 10.5 Å². The normalized spacial score (nSPS) is 14.5. The summed E-state index contributed by atoms with van der Waals surface area (Å²) in [6.07, 6.45) is 7.74. The van der Waals surface area contributed by atoms with Gasteiger partial charge in [0.25, 0.3) is 0 Å². The molecule has 0 saturated carbocycles. The highest BCUT2D eigenvalue weighted by Gasteiger charge is 2.53. The fourth-order valence-electron chi connectivity index (χ4n) is 11.7. The highest BCUT2D eigenvalue weighted by molar-refractivity contribution is 6.12. The van der Waals surface area contributed by atoms with Crippen LogP contribution in [0.2, 0.25) is 0 Å². The zero-order valence-electron chi connectivity index (χ0n) is 36.5. The Morgan fingerprint density at radius 1 is 0.391 bits per heavy atom. The monoisotopic (exact) mass is 880 g/mol. The van der Waals surface area contributed by atoms with Crippen molar-refractivity contribution < 1.29 is 4.74 Å². The SMILES string of the molecule is N#Cc1ccc2c(c1)c1cc(C#N)ccc1n2-c1ccc2c(c1)C1(c3ccccc3O2)c2cc(-n3c4ccccc4c4ccccc43)cnc2-c2ncc(-n3c4ccccc4c4ccncc43)cc21. The first-order valence-electron chi connectivity index (χ1n) is 22.8. The predicted molar refractivity (Wildman–Crippen MR) is 270 cm³/mol. The van der Waals surface area contributed by atoms with E-state index < -0.39 is 5.41 Å². The smallest absolute Gasteiger partial charge is 0.132 e. The Hall–Kier alpha value is -9.83. The zero-order chi connectivity index (χ0) is 45.5. The number of aromatic nitrogens is 6. The van der Waals surface area contributed by atoms with Crippen molar-refractivity contribution in [2.24, 2.45) is 0 Å². The van der Waals surface area contributed by atoms with Crippen LogP contribution in [0.1, 0.15) is 33.4 Å². The van der Waals surface area contributed by atoms with Crippen molar-refractivity contribution in [2.75, 3.05) is 0 Å². The molecule has 1 atom stereocenters. The summed E-state index contributed by atoms with van der Waals surface area (Å²) >= 11 is 0. The Bertz CT molecular complexity index is 4180. The van der Waals surface area contributed by atoms with E-state index in [4.69, 9.17) is 14.7 Å². The lowest BCUT2D eigenvalue weighted by atomic mass is 9.66. The molecule has 0 N–H and O–H groups in total. The molecular weight excluding hydrogens is 849 g/mol. The average Bonchev–Trinajstić information content (AvgIpc) is 4.12. The number of rotatable bonds is 3. The van der Waals surface area contributed by atoms with Gasteiger partial charge in [-0.15, -0.1) is 0 Å². The van der Waals surface area contributed by atoms with Crippen LogP contribution in [0.5, 0.6) is 11.5 Å². The number of benzene rings is 7. The van der Waals surface area contributed by atoms with Crippen LogP contribution in [-0.2, 0) is 5.41 Å². The van der Waals surface area contributed by atoms with Crippen molar-refractivity contribution in [3.8, 4) is 52.1 Å². The first kappa shape index (κ1) is 37.4. The maximum atomic E-state index is 10.0. The number of ether oxygens (including phenoxy) is 1. The second kappa shape index (κ2) is 13.6. The predicted octanol–water partition coefficient (Wildman–Crippen LogP) is 13.4. The van der Waals surface area contributed by atoms with Gasteiger partial charge in [0.15, 0.2) is 0 Å². The van der Waals surface area contributed by atoms with E-state index in [0.717, 1.165) is 111 Å². The van der Waals surface area contributed by atoms with Crippen molar-refractivity contribution in [1.29, 1.82) is 10.5 Å². The molecule has 0 saturated heterocycles. The molecule has 1 aliphatic carbocycles. The lowest BCUT2D eigenvalue weighted by molar-refractivity contribution is 0.436. The summed E-state index contributed by atoms with van der Waals surface area (Å²) in [6, 6.07) is 63.2. The number of fused-ring (bicyclic) bond motifs is 18. The van der Waals surface area contributed by atoms with E-state index in [-0.39, 0.29) is 0 Å². The van der Waals surface area contributed by atoms with Crippen LogP contribution in [0.15, 0.2) is 195 Å². The van der Waals surface area contributed by atoms with Gasteiger partial charge in [-0.25, -0.2) is 0 Å². The minimum absolute atomic E-state index is 0.548. The maximum Gasteiger partial charge on any atom is 0.132 e. The molecule has 2 aliphatic rings. The van der Waals surface area contributed by atoms with Crippen molar-refractivity contribution in [3.05, 3.63) is 228 Å². The summed E-state index contributed by atoms with van der Waals surface area (Å²) in [6.45, 7) is 0. The Balaban J connectivity index is 1.07. The molecule has 9 heteroatoms. The molecule has 0 radical (unpaired) electrons. The van der Waals surface area contributed by atoms with Crippen LogP contribution < -0.4 is 4.74 Å². The molecule has 1 spiro atoms. The molecule has 13 aromatic rings. The molecule has 6 aromatic heterocycles. The van der Waals surface area contributed by atoms with Crippen LogP contribution in [0, 0.1) is 22.7 Å². The quantitative estimate of drug-likeness (QED) is 0.175. The molecule has 15 rings (SSSR count). The van der Waals surface area contributed by atoms with Gasteiger partial charge in [0, 0.05) is 66.5 Å². The Labute approximate surface area is 393 Å². The third kappa shape index (κ3) is 4.87. The third-order valence-electron chi connectivity index (χ3n) is 14.5. The third-order valence-corrected chi connectivity index (χ3v) is 14.5. The number of hydrogen-bond acceptors (Lipinski definition) is 6. The molecule has 0 amide bonds. The van der Waals surface area contributed by atoms with Gasteiger partial charge in [-0.1, -0.05) is 72.8 Å². The van der Waals surface area contributed by atoms with Gasteiger partial charge in [-0.2, -0.15) is 10.5 Å². The van der Waals surface area contributed by atoms with E-state index in [2.05, 4.69) is 158 Å². The van der Waals surface area contributed by atoms with Crippen LogP contribution in [0.4, 0.5) is 0 Å². The van der Waals surface area contributed by atoms with Crippen LogP contribution in [0.3, 0.4) is 0 Å². The molecule has 0 bridgehead atoms. The van der Waals surface area contributed by atoms with Crippen LogP contribution in [-0.4, -0.2) is 28.7 Å². The molecule has 1 aliphatic heterocycles. The number of hydrogen-bond donors (Lipinski definition) is 0. The topological polar surface area (TPSA) is 110 Å². The lowest BCUT2D eigenvalue weighted by Crippen LogP contribution is -2.32. The molecule has 0 fully saturated rings. The fourth-order valence-corrected chi connectivity index (χ4v) is 11.7. The Morgan fingerprint density at radius 2 is 0.870 bits per heavy atom. The molecule has 318 valence electrons. The lowest BCUT2D eigenvalue weighted by Gasteiger charge is -2.39. The van der Waals surface area contributed by atoms with Gasteiger partial charge < -0.3 is 18.4 Å². The molecular formula is C60H32N8O. The van der Waals surface area contributed by atoms with E-state index in [1.165, 1.54) is 10.8 Å². The van der Waals surface area contributed by atoms with E-state index in [1.54, 1.807) is 0 Å². The average molecular weight is 881 g/mol. The van der Waals surface area contributed by atoms with Gasteiger partial charge in [0.2, 0.25) is 0 Å². The summed E-state index contributed by atoms with van der Waals surface area (Å²) < 4.78 is 13.8. The van der Waals surface area contributed by atoms with Crippen molar-refractivity contribution in [1.82, 2.24) is 28.7 Å². The summed E-state index contributed by atoms with van der Waals surface area (Å²) in [5.74, 6) is 1.46. The zero-order valence-corrected chi connectivity index (χ0v) is 36.5. The Kier molecular flexibility index (Phi) is 7.38. The van der Waals surface area contributed by atoms with Gasteiger partial charge in [-0.3, -0.25) is 15.0 Å². The van der Waals surface area contributed by atoms with E-state index in [1.807, 2.05) is 67.3 Å². The molecule has 69 heavy (non-hydrogen) atoms. The molecule has 7 aromatic carbocycles. The summed E-state index contributed by atoms with van der Waals surface area (Å²) in [5, 5.41) is 26.4. The van der Waals surface area contributed by atoms with Crippen molar-refractivity contribution in [2.45, 2.75) is 5.41 Å². The highest BCUT2D eigenvalue weighted by atomic mass is 16.5. The van der Waals surface area contributed by atoms with Gasteiger partial charge in [-0.05, 0) is 97.1 Å². The number of nitriles is 2. The number of para-hydroxylation sites is 4. The molecule has 7 heterocycles. The summed E-state index contributed by atoms with van der Waals surface area (Å²) in [5.41, 5.74) is 14.3. The minimum atomic E-state index is -0.993. The van der Waals surface area contributed by atoms with Crippen LogP contribution in [0.25, 0.3) is 93.9 Å². The summed E-state index contributed by atoms with van der Waals surface area (Å²) in [7, 11) is 0. The van der Waals surface area contributed by atoms with E-state index >= 15 is 0 Å². The minimum Gasteiger partial charge on any atom is -0.457 e. The maximum absolute atomic E-state index is 10.0. The molecule has 1 unspecified atom stereocenters. The highest BCUT2D eigenvalue weighted by Crippen LogP contribution is 2.62. The first-order valence-corrected chi connectivity index (χ1v) is 22.8. The number of nitrogens with zero attached hydrogens (tertiary/aromatic N) is 8. The second-order valence-corrected chi connectivity index (χ2v) is 17.8. The molecule has 9 nitrogen and oxygen atoms in total. The number of pyridine rings is 3. The second-order valence-electron chi connectivity index (χ2n) is 17.8. The first-order chi connectivity index (χ1) is 34.1.